The van der Waals surface area contributed by atoms with Crippen LogP contribution in [0.1, 0.15) is 11.1 Å². The van der Waals surface area contributed by atoms with Crippen LogP contribution in [0, 0.1) is 11.3 Å². The van der Waals surface area contributed by atoms with Gasteiger partial charge in [-0.15, -0.1) is 11.8 Å². The van der Waals surface area contributed by atoms with Gasteiger partial charge in [-0.1, -0.05) is 17.7 Å². The third-order valence-corrected chi connectivity index (χ3v) is 4.48. The molecule has 1 aromatic heterocycles. The van der Waals surface area contributed by atoms with Gasteiger partial charge in [0.25, 0.3) is 0 Å². The highest BCUT2D eigenvalue weighted by molar-refractivity contribution is 7.98. The minimum atomic E-state index is 0.331. The first kappa shape index (κ1) is 15.7. The first-order valence-electron chi connectivity index (χ1n) is 6.96. The number of halogens is 1. The van der Waals surface area contributed by atoms with Crippen molar-refractivity contribution in [2.75, 3.05) is 6.26 Å². The number of fused-ring (bicyclic) bond motifs is 1. The summed E-state index contributed by atoms with van der Waals surface area (Å²) < 4.78 is 5.73. The molecular weight excluding hydrogens is 328 g/mol. The molecule has 0 saturated carbocycles. The van der Waals surface area contributed by atoms with Crippen LogP contribution in [-0.4, -0.2) is 11.2 Å². The van der Waals surface area contributed by atoms with Crippen molar-refractivity contribution in [3.05, 3.63) is 64.8 Å². The Hall–Kier alpha value is -2.22. The lowest BCUT2D eigenvalue weighted by molar-refractivity contribution is 0.306. The number of hydrogen-bond donors (Lipinski definition) is 0. The highest BCUT2D eigenvalue weighted by Crippen LogP contribution is 2.25. The van der Waals surface area contributed by atoms with Crippen molar-refractivity contribution in [3.63, 3.8) is 0 Å². The van der Waals surface area contributed by atoms with E-state index in [1.165, 1.54) is 0 Å². The maximum absolute atomic E-state index is 8.79. The number of nitriles is 1. The lowest BCUT2D eigenvalue weighted by Gasteiger charge is -2.09. The molecule has 1 heterocycles. The lowest BCUT2D eigenvalue weighted by Crippen LogP contribution is -1.98. The molecule has 0 spiro atoms. The second kappa shape index (κ2) is 6.91. The molecule has 0 N–H and O–H groups in total. The number of ether oxygens (including phenoxy) is 1. The van der Waals surface area contributed by atoms with Gasteiger partial charge in [0, 0.05) is 15.8 Å². The van der Waals surface area contributed by atoms with Gasteiger partial charge in [0.1, 0.15) is 17.5 Å². The Morgan fingerprint density at radius 2 is 1.96 bits per heavy atom. The van der Waals surface area contributed by atoms with Crippen molar-refractivity contribution in [3.8, 4) is 11.8 Å². The summed E-state index contributed by atoms with van der Waals surface area (Å²) >= 11 is 7.95. The summed E-state index contributed by atoms with van der Waals surface area (Å²) in [6, 6.07) is 17.2. The molecule has 0 bridgehead atoms. The summed E-state index contributed by atoms with van der Waals surface area (Å²) in [6.07, 6.45) is 2.03. The molecule has 0 fully saturated rings. The van der Waals surface area contributed by atoms with Gasteiger partial charge in [-0.2, -0.15) is 5.26 Å². The van der Waals surface area contributed by atoms with Crippen LogP contribution in [0.5, 0.6) is 5.75 Å². The van der Waals surface area contributed by atoms with E-state index in [1.807, 2.05) is 24.5 Å². The van der Waals surface area contributed by atoms with E-state index in [0.717, 1.165) is 21.4 Å². The number of nitrogens with zero attached hydrogens (tertiary/aromatic N) is 2. The monoisotopic (exact) mass is 340 g/mol. The molecule has 0 saturated heterocycles. The fraction of sp³-hybridized carbons (Fsp3) is 0.111. The zero-order chi connectivity index (χ0) is 16.2. The van der Waals surface area contributed by atoms with E-state index in [-0.39, 0.29) is 0 Å². The van der Waals surface area contributed by atoms with Crippen molar-refractivity contribution >= 4 is 34.3 Å². The molecule has 0 aliphatic rings. The zero-order valence-electron chi connectivity index (χ0n) is 12.4. The van der Waals surface area contributed by atoms with Gasteiger partial charge in [-0.05, 0) is 48.7 Å². The number of hydrogen-bond acceptors (Lipinski definition) is 4. The highest BCUT2D eigenvalue weighted by atomic mass is 35.5. The molecular formula is C18H13ClN2OS. The van der Waals surface area contributed by atoms with Gasteiger partial charge in [0.2, 0.25) is 0 Å². The van der Waals surface area contributed by atoms with Crippen molar-refractivity contribution in [2.45, 2.75) is 11.5 Å². The molecule has 0 aliphatic heterocycles. The van der Waals surface area contributed by atoms with Gasteiger partial charge in [0.15, 0.2) is 0 Å². The topological polar surface area (TPSA) is 45.9 Å². The quantitative estimate of drug-likeness (QED) is 0.492. The van der Waals surface area contributed by atoms with Crippen molar-refractivity contribution in [2.24, 2.45) is 0 Å². The Kier molecular flexibility index (Phi) is 4.71. The molecule has 3 aromatic rings. The number of thioether (sulfide) groups is 1. The van der Waals surface area contributed by atoms with Crippen LogP contribution in [-0.2, 0) is 6.61 Å². The van der Waals surface area contributed by atoms with E-state index in [0.29, 0.717) is 23.1 Å². The molecule has 114 valence electrons. The summed E-state index contributed by atoms with van der Waals surface area (Å²) in [6.45, 7) is 0.331. The summed E-state index contributed by atoms with van der Waals surface area (Å²) in [5.74, 6) is 0.692. The molecule has 5 heteroatoms. The summed E-state index contributed by atoms with van der Waals surface area (Å²) in [5, 5.41) is 10.3. The number of benzene rings is 2. The lowest BCUT2D eigenvalue weighted by atomic mass is 10.1. The van der Waals surface area contributed by atoms with Crippen molar-refractivity contribution in [1.29, 1.82) is 5.26 Å². The predicted molar refractivity (Wildman–Crippen MR) is 94.0 cm³/mol. The average molecular weight is 341 g/mol. The van der Waals surface area contributed by atoms with Crippen molar-refractivity contribution < 1.29 is 4.74 Å². The Morgan fingerprint density at radius 3 is 2.65 bits per heavy atom. The standard InChI is InChI=1S/C18H13ClN2OS/c1-23-16-7-4-13-8-14(18(19)21-17(13)9-16)11-22-15-5-2-12(10-20)3-6-15/h2-9H,11H2,1H3. The van der Waals surface area contributed by atoms with E-state index in [2.05, 4.69) is 17.1 Å². The molecule has 2 aromatic carbocycles. The molecule has 0 unspecified atom stereocenters. The van der Waals surface area contributed by atoms with Crippen LogP contribution in [0.15, 0.2) is 53.4 Å². The number of pyridine rings is 1. The third kappa shape index (κ3) is 3.58. The van der Waals surface area contributed by atoms with Crippen LogP contribution in [0.25, 0.3) is 10.9 Å². The van der Waals surface area contributed by atoms with E-state index in [1.54, 1.807) is 36.0 Å². The van der Waals surface area contributed by atoms with E-state index in [4.69, 9.17) is 21.6 Å². The summed E-state index contributed by atoms with van der Waals surface area (Å²) in [4.78, 5) is 5.61. The Bertz CT molecular complexity index is 888. The van der Waals surface area contributed by atoms with Crippen LogP contribution in [0.3, 0.4) is 0 Å². The highest BCUT2D eigenvalue weighted by Gasteiger charge is 2.07. The third-order valence-electron chi connectivity index (χ3n) is 3.43. The minimum absolute atomic E-state index is 0.331. The van der Waals surface area contributed by atoms with Crippen LogP contribution in [0.4, 0.5) is 0 Å². The van der Waals surface area contributed by atoms with E-state index < -0.39 is 0 Å². The summed E-state index contributed by atoms with van der Waals surface area (Å²) in [5.41, 5.74) is 2.32. The molecule has 0 atom stereocenters. The number of aromatic nitrogens is 1. The van der Waals surface area contributed by atoms with E-state index in [9.17, 15) is 0 Å². The maximum Gasteiger partial charge on any atom is 0.136 e. The van der Waals surface area contributed by atoms with Crippen LogP contribution >= 0.6 is 23.4 Å². The van der Waals surface area contributed by atoms with Crippen molar-refractivity contribution in [1.82, 2.24) is 4.98 Å². The summed E-state index contributed by atoms with van der Waals surface area (Å²) in [7, 11) is 0. The maximum atomic E-state index is 8.79. The zero-order valence-corrected chi connectivity index (χ0v) is 14.0. The second-order valence-corrected chi connectivity index (χ2v) is 6.16. The Labute approximate surface area is 143 Å². The van der Waals surface area contributed by atoms with Crippen LogP contribution in [0.2, 0.25) is 5.15 Å². The predicted octanol–water partition coefficient (Wildman–Crippen LogP) is 5.06. The molecule has 23 heavy (non-hydrogen) atoms. The molecule has 0 aliphatic carbocycles. The van der Waals surface area contributed by atoms with Gasteiger partial charge in [0.05, 0.1) is 17.1 Å². The first-order chi connectivity index (χ1) is 11.2. The normalized spacial score (nSPS) is 10.5. The van der Waals surface area contributed by atoms with Crippen LogP contribution < -0.4 is 4.74 Å². The van der Waals surface area contributed by atoms with Gasteiger partial charge in [-0.3, -0.25) is 0 Å². The van der Waals surface area contributed by atoms with E-state index >= 15 is 0 Å². The average Bonchev–Trinajstić information content (AvgIpc) is 2.60. The van der Waals surface area contributed by atoms with Gasteiger partial charge < -0.3 is 4.74 Å². The Balaban J connectivity index is 1.82. The van der Waals surface area contributed by atoms with Gasteiger partial charge >= 0.3 is 0 Å². The SMILES string of the molecule is CSc1ccc2cc(COc3ccc(C#N)cc3)c(Cl)nc2c1. The molecule has 3 rings (SSSR count). The smallest absolute Gasteiger partial charge is 0.136 e. The second-order valence-electron chi connectivity index (χ2n) is 4.92. The van der Waals surface area contributed by atoms with Gasteiger partial charge in [-0.25, -0.2) is 4.98 Å². The fourth-order valence-electron chi connectivity index (χ4n) is 2.18. The fourth-order valence-corrected chi connectivity index (χ4v) is 2.82. The Morgan fingerprint density at radius 1 is 1.17 bits per heavy atom. The minimum Gasteiger partial charge on any atom is -0.489 e. The molecule has 0 amide bonds. The number of rotatable bonds is 4. The molecule has 3 nitrogen and oxygen atoms in total. The largest absolute Gasteiger partial charge is 0.489 e. The first-order valence-corrected chi connectivity index (χ1v) is 8.56. The molecule has 0 radical (unpaired) electrons.